The number of rotatable bonds is 17. The molecule has 4 aromatic rings. The zero-order valence-corrected chi connectivity index (χ0v) is 31.6. The number of nitrogens with two attached hydrogens (primary N) is 2. The maximum atomic E-state index is 14.3. The van der Waals surface area contributed by atoms with Gasteiger partial charge in [0.2, 0.25) is 11.9 Å². The summed E-state index contributed by atoms with van der Waals surface area (Å²) in [6, 6.07) is 32.2. The largest absolute Gasteiger partial charge is 0.489 e. The lowest BCUT2D eigenvalue weighted by Gasteiger charge is -2.28. The number of hydrogen-bond donors (Lipinski definition) is 3. The van der Waals surface area contributed by atoms with Crippen LogP contribution < -0.4 is 21.5 Å². The van der Waals surface area contributed by atoms with Crippen molar-refractivity contribution < 1.29 is 38.2 Å². The van der Waals surface area contributed by atoms with Crippen molar-refractivity contribution in [2.24, 2.45) is 16.5 Å². The van der Waals surface area contributed by atoms with Crippen molar-refractivity contribution in [1.82, 2.24) is 15.1 Å². The van der Waals surface area contributed by atoms with Gasteiger partial charge in [-0.25, -0.2) is 14.5 Å². The normalized spacial score (nSPS) is 14.9. The van der Waals surface area contributed by atoms with Gasteiger partial charge in [0.1, 0.15) is 43.9 Å². The fourth-order valence-corrected chi connectivity index (χ4v) is 6.19. The number of aliphatic imine (C=N–C) groups is 1. The van der Waals surface area contributed by atoms with Gasteiger partial charge in [-0.15, -0.1) is 0 Å². The van der Waals surface area contributed by atoms with Gasteiger partial charge in [-0.1, -0.05) is 103 Å². The highest BCUT2D eigenvalue weighted by atomic mass is 16.6. The Balaban J connectivity index is 1.29. The highest BCUT2D eigenvalue weighted by molar-refractivity contribution is 6.02. The van der Waals surface area contributed by atoms with Gasteiger partial charge in [0.25, 0.3) is 5.91 Å². The summed E-state index contributed by atoms with van der Waals surface area (Å²) in [6.45, 7) is 0.514. The third-order valence-corrected chi connectivity index (χ3v) is 9.26. The Bertz CT molecular complexity index is 1950. The average Bonchev–Trinajstić information content (AvgIpc) is 3.74. The second kappa shape index (κ2) is 21.5. The number of benzene rings is 4. The maximum Gasteiger partial charge on any atom is 0.416 e. The molecular weight excluding hydrogens is 729 g/mol. The van der Waals surface area contributed by atoms with Crippen LogP contribution in [0, 0.1) is 0 Å². The number of ether oxygens (including phenoxy) is 3. The number of nitrogens with one attached hydrogen (secondary N) is 1. The second-order valence-electron chi connectivity index (χ2n) is 13.5. The number of amides is 4. The van der Waals surface area contributed by atoms with Crippen LogP contribution in [-0.2, 0) is 50.1 Å². The van der Waals surface area contributed by atoms with E-state index in [-0.39, 0.29) is 52.0 Å². The lowest BCUT2D eigenvalue weighted by Crippen LogP contribution is -2.53. The van der Waals surface area contributed by atoms with Gasteiger partial charge in [0.05, 0.1) is 6.04 Å². The number of likely N-dealkylation sites (tertiary alicyclic amines) is 1. The Labute approximate surface area is 331 Å². The van der Waals surface area contributed by atoms with E-state index in [1.165, 1.54) is 4.90 Å². The molecule has 0 aliphatic carbocycles. The van der Waals surface area contributed by atoms with Crippen molar-refractivity contribution in [2.45, 2.75) is 70.1 Å². The van der Waals surface area contributed by atoms with Gasteiger partial charge < -0.3 is 40.7 Å². The van der Waals surface area contributed by atoms with Crippen molar-refractivity contribution >= 4 is 36.2 Å². The van der Waals surface area contributed by atoms with Crippen molar-refractivity contribution in [3.05, 3.63) is 138 Å². The summed E-state index contributed by atoms with van der Waals surface area (Å²) in [5.74, 6) is -1.05. The number of aldehydes is 1. The summed E-state index contributed by atoms with van der Waals surface area (Å²) >= 11 is 0. The van der Waals surface area contributed by atoms with E-state index in [0.717, 1.165) is 27.2 Å². The minimum atomic E-state index is -1.11. The molecule has 3 atom stereocenters. The third-order valence-electron chi connectivity index (χ3n) is 9.26. The summed E-state index contributed by atoms with van der Waals surface area (Å²) in [6.07, 6.45) is 0.341. The molecule has 298 valence electrons. The molecular formula is C43H48N6O8. The smallest absolute Gasteiger partial charge is 0.416 e. The quantitative estimate of drug-likeness (QED) is 0.0756. The molecule has 0 bridgehead atoms. The Hall–Kier alpha value is -6.54. The van der Waals surface area contributed by atoms with Crippen LogP contribution in [0.2, 0.25) is 0 Å². The summed E-state index contributed by atoms with van der Waals surface area (Å²) in [7, 11) is 0. The highest BCUT2D eigenvalue weighted by Crippen LogP contribution is 2.22. The average molecular weight is 777 g/mol. The Morgan fingerprint density at radius 3 is 1.98 bits per heavy atom. The van der Waals surface area contributed by atoms with Crippen LogP contribution in [0.3, 0.4) is 0 Å². The van der Waals surface area contributed by atoms with Crippen LogP contribution in [0.4, 0.5) is 9.59 Å². The first-order valence-corrected chi connectivity index (χ1v) is 18.8. The van der Waals surface area contributed by atoms with Gasteiger partial charge in [-0.2, -0.15) is 4.99 Å². The summed E-state index contributed by atoms with van der Waals surface area (Å²) < 4.78 is 16.8. The molecule has 4 amide bonds. The maximum absolute atomic E-state index is 14.3. The summed E-state index contributed by atoms with van der Waals surface area (Å²) in [5.41, 5.74) is 15.3. The fraction of sp³-hybridized carbons (Fsp3) is 0.302. The number of carbonyl (C=O) groups is 5. The number of hydrogen-bond acceptors (Lipinski definition) is 9. The van der Waals surface area contributed by atoms with E-state index in [9.17, 15) is 24.0 Å². The van der Waals surface area contributed by atoms with E-state index >= 15 is 0 Å². The first-order chi connectivity index (χ1) is 27.7. The second-order valence-corrected chi connectivity index (χ2v) is 13.5. The molecule has 0 radical (unpaired) electrons. The van der Waals surface area contributed by atoms with E-state index in [4.69, 9.17) is 25.7 Å². The van der Waals surface area contributed by atoms with E-state index in [1.54, 1.807) is 36.4 Å². The molecule has 0 spiro atoms. The van der Waals surface area contributed by atoms with E-state index < -0.39 is 48.1 Å². The SMILES string of the molecule is NC(=NC(=O)[C@@H]1CCCN1C(=O)[C@H](Cc1ccc(OCc2ccccc2)cc1)NC(=O)OCc1ccccc1)N(CCC[C@H](N)C=O)C(=O)OCc1ccccc1. The molecule has 1 heterocycles. The lowest BCUT2D eigenvalue weighted by molar-refractivity contribution is -0.138. The van der Waals surface area contributed by atoms with Crippen LogP contribution in [0.25, 0.3) is 0 Å². The van der Waals surface area contributed by atoms with Crippen LogP contribution in [-0.4, -0.2) is 77.3 Å². The number of guanidine groups is 1. The predicted molar refractivity (Wildman–Crippen MR) is 212 cm³/mol. The van der Waals surface area contributed by atoms with Crippen molar-refractivity contribution in [3.8, 4) is 5.75 Å². The molecule has 0 saturated carbocycles. The van der Waals surface area contributed by atoms with Gasteiger partial charge in [0.15, 0.2) is 0 Å². The van der Waals surface area contributed by atoms with Crippen LogP contribution in [0.1, 0.15) is 47.9 Å². The standard InChI is InChI=1S/C43H48N6O8/c44-35(27-50)18-10-25-49(43(54)57-30-34-16-8-3-9-17-34)41(45)47-39(51)38-19-11-24-48(38)40(52)37(46-42(53)56-29-33-14-6-2-7-15-33)26-31-20-22-36(23-21-31)55-28-32-12-4-1-5-13-32/h1-9,12-17,20-23,27,35,37-38H,10-11,18-19,24-26,28-30,44H2,(H,46,53)(H2,45,47,51)/t35-,37-,38-/m0/s1. The number of nitrogens with zero attached hydrogens (tertiary/aromatic N) is 3. The zero-order chi connectivity index (χ0) is 40.4. The van der Waals surface area contributed by atoms with E-state index in [2.05, 4.69) is 10.3 Å². The molecule has 0 unspecified atom stereocenters. The molecule has 5 rings (SSSR count). The fourth-order valence-electron chi connectivity index (χ4n) is 6.19. The number of alkyl carbamates (subject to hydrolysis) is 1. The molecule has 57 heavy (non-hydrogen) atoms. The van der Waals surface area contributed by atoms with Crippen LogP contribution in [0.15, 0.2) is 120 Å². The minimum absolute atomic E-state index is 0.00871. The molecule has 1 aliphatic rings. The number of carbonyl (C=O) groups excluding carboxylic acids is 5. The topological polar surface area (TPSA) is 196 Å². The highest BCUT2D eigenvalue weighted by Gasteiger charge is 2.38. The van der Waals surface area contributed by atoms with Crippen molar-refractivity contribution in [2.75, 3.05) is 13.1 Å². The monoisotopic (exact) mass is 776 g/mol. The van der Waals surface area contributed by atoms with E-state index in [0.29, 0.717) is 25.1 Å². The third kappa shape index (κ3) is 13.0. The molecule has 4 aromatic carbocycles. The molecule has 1 saturated heterocycles. The van der Waals surface area contributed by atoms with Crippen molar-refractivity contribution in [1.29, 1.82) is 0 Å². The Morgan fingerprint density at radius 2 is 1.39 bits per heavy atom. The summed E-state index contributed by atoms with van der Waals surface area (Å²) in [4.78, 5) is 71.8. The van der Waals surface area contributed by atoms with Gasteiger partial charge in [-0.3, -0.25) is 9.59 Å². The van der Waals surface area contributed by atoms with Gasteiger partial charge in [-0.05, 0) is 60.1 Å². The molecule has 0 aromatic heterocycles. The van der Waals surface area contributed by atoms with Gasteiger partial charge in [0, 0.05) is 19.5 Å². The zero-order valence-electron chi connectivity index (χ0n) is 31.6. The summed E-state index contributed by atoms with van der Waals surface area (Å²) in [5, 5.41) is 2.71. The molecule has 1 fully saturated rings. The predicted octanol–water partition coefficient (Wildman–Crippen LogP) is 4.88. The lowest BCUT2D eigenvalue weighted by atomic mass is 10.0. The molecule has 14 nitrogen and oxygen atoms in total. The van der Waals surface area contributed by atoms with Crippen LogP contribution >= 0.6 is 0 Å². The Morgan fingerprint density at radius 1 is 0.807 bits per heavy atom. The van der Waals surface area contributed by atoms with Gasteiger partial charge >= 0.3 is 12.2 Å². The molecule has 1 aliphatic heterocycles. The van der Waals surface area contributed by atoms with Crippen molar-refractivity contribution in [3.63, 3.8) is 0 Å². The van der Waals surface area contributed by atoms with Crippen LogP contribution in [0.5, 0.6) is 5.75 Å². The minimum Gasteiger partial charge on any atom is -0.489 e. The first kappa shape index (κ1) is 41.6. The molecule has 14 heteroatoms. The Kier molecular flexibility index (Phi) is 15.7. The first-order valence-electron chi connectivity index (χ1n) is 18.8. The molecule has 5 N–H and O–H groups in total. The van der Waals surface area contributed by atoms with E-state index in [1.807, 2.05) is 78.9 Å².